The van der Waals surface area contributed by atoms with Gasteiger partial charge >= 0.3 is 0 Å². The van der Waals surface area contributed by atoms with Gasteiger partial charge in [0.1, 0.15) is 24.7 Å². The van der Waals surface area contributed by atoms with Gasteiger partial charge in [-0.1, -0.05) is 36.4 Å². The molecule has 7 nitrogen and oxygen atoms in total. The number of nitrogens with one attached hydrogen (secondary N) is 2. The number of anilines is 2. The van der Waals surface area contributed by atoms with Crippen LogP contribution < -0.4 is 20.1 Å². The second-order valence-electron chi connectivity index (χ2n) is 8.34. The minimum Gasteiger partial charge on any atom is -0.490 e. The Bertz CT molecular complexity index is 1110. The molecule has 0 unspecified atom stereocenters. The fraction of sp³-hybridized carbons (Fsp3) is 0.286. The summed E-state index contributed by atoms with van der Waals surface area (Å²) in [6, 6.07) is 24.1. The van der Waals surface area contributed by atoms with Gasteiger partial charge in [-0.3, -0.25) is 9.59 Å². The van der Waals surface area contributed by atoms with Crippen LogP contribution in [0.1, 0.15) is 29.6 Å². The van der Waals surface area contributed by atoms with Crippen LogP contribution in [0.15, 0.2) is 78.9 Å². The van der Waals surface area contributed by atoms with Gasteiger partial charge in [-0.2, -0.15) is 0 Å². The summed E-state index contributed by atoms with van der Waals surface area (Å²) in [5.41, 5.74) is 1.91. The molecule has 1 aliphatic heterocycles. The van der Waals surface area contributed by atoms with Crippen LogP contribution in [-0.2, 0) is 4.79 Å². The molecule has 7 heteroatoms. The average molecular weight is 474 g/mol. The first kappa shape index (κ1) is 24.1. The third kappa shape index (κ3) is 7.24. The summed E-state index contributed by atoms with van der Waals surface area (Å²) in [5.74, 6) is 1.24. The minimum atomic E-state index is -0.213. The number of amides is 2. The standard InChI is InChI=1S/C28H31N3O4/c32-27(30-23-11-9-10-22(20-23)28(33)31-16-7-2-8-17-31)21-29-25-14-5-6-15-26(25)35-19-18-34-24-12-3-1-4-13-24/h1,3-6,9-15,20,29H,2,7-8,16-19,21H2,(H,30,32). The van der Waals surface area contributed by atoms with Gasteiger partial charge in [0.05, 0.1) is 12.2 Å². The molecule has 1 heterocycles. The van der Waals surface area contributed by atoms with E-state index in [4.69, 9.17) is 9.47 Å². The summed E-state index contributed by atoms with van der Waals surface area (Å²) in [6.07, 6.45) is 3.25. The third-order valence-corrected chi connectivity index (χ3v) is 5.72. The quantitative estimate of drug-likeness (QED) is 0.413. The molecule has 2 N–H and O–H groups in total. The maximum atomic E-state index is 12.8. The molecule has 0 atom stereocenters. The van der Waals surface area contributed by atoms with E-state index >= 15 is 0 Å². The van der Waals surface area contributed by atoms with E-state index < -0.39 is 0 Å². The summed E-state index contributed by atoms with van der Waals surface area (Å²) in [6.45, 7) is 2.42. The fourth-order valence-electron chi connectivity index (χ4n) is 3.96. The van der Waals surface area contributed by atoms with E-state index in [0.717, 1.165) is 37.4 Å². The zero-order valence-electron chi connectivity index (χ0n) is 19.7. The highest BCUT2D eigenvalue weighted by atomic mass is 16.5. The number of hydrogen-bond donors (Lipinski definition) is 2. The van der Waals surface area contributed by atoms with Crippen molar-refractivity contribution in [3.05, 3.63) is 84.4 Å². The zero-order chi connectivity index (χ0) is 24.3. The van der Waals surface area contributed by atoms with Crippen molar-refractivity contribution in [3.8, 4) is 11.5 Å². The van der Waals surface area contributed by atoms with E-state index in [2.05, 4.69) is 10.6 Å². The lowest BCUT2D eigenvalue weighted by atomic mass is 10.1. The van der Waals surface area contributed by atoms with Crippen LogP contribution in [0, 0.1) is 0 Å². The van der Waals surface area contributed by atoms with Crippen molar-refractivity contribution >= 4 is 23.2 Å². The molecule has 1 aliphatic rings. The number of nitrogens with zero attached hydrogens (tertiary/aromatic N) is 1. The minimum absolute atomic E-state index is 0.0150. The Morgan fingerprint density at radius 3 is 2.37 bits per heavy atom. The fourth-order valence-corrected chi connectivity index (χ4v) is 3.96. The second kappa shape index (κ2) is 12.5. The SMILES string of the molecule is O=C(CNc1ccccc1OCCOc1ccccc1)Nc1cccc(C(=O)N2CCCCC2)c1. The molecule has 35 heavy (non-hydrogen) atoms. The molecular weight excluding hydrogens is 442 g/mol. The van der Waals surface area contributed by atoms with Crippen LogP contribution in [-0.4, -0.2) is 49.6 Å². The summed E-state index contributed by atoms with van der Waals surface area (Å²) >= 11 is 0. The molecule has 1 saturated heterocycles. The molecule has 0 saturated carbocycles. The second-order valence-corrected chi connectivity index (χ2v) is 8.34. The van der Waals surface area contributed by atoms with E-state index in [0.29, 0.717) is 30.2 Å². The molecule has 3 aromatic carbocycles. The third-order valence-electron chi connectivity index (χ3n) is 5.72. The van der Waals surface area contributed by atoms with E-state index in [-0.39, 0.29) is 18.4 Å². The first-order valence-corrected chi connectivity index (χ1v) is 12.0. The largest absolute Gasteiger partial charge is 0.490 e. The van der Waals surface area contributed by atoms with E-state index in [1.54, 1.807) is 24.3 Å². The van der Waals surface area contributed by atoms with E-state index in [9.17, 15) is 9.59 Å². The molecule has 0 aliphatic carbocycles. The first-order valence-electron chi connectivity index (χ1n) is 12.0. The Morgan fingerprint density at radius 1 is 0.800 bits per heavy atom. The molecule has 0 aromatic heterocycles. The van der Waals surface area contributed by atoms with Gasteiger partial charge in [0.15, 0.2) is 0 Å². The average Bonchev–Trinajstić information content (AvgIpc) is 2.91. The Kier molecular flexibility index (Phi) is 8.59. The van der Waals surface area contributed by atoms with Crippen LogP contribution in [0.25, 0.3) is 0 Å². The number of para-hydroxylation sites is 3. The van der Waals surface area contributed by atoms with Gasteiger partial charge in [-0.15, -0.1) is 0 Å². The van der Waals surface area contributed by atoms with Gasteiger partial charge in [-0.25, -0.2) is 0 Å². The van der Waals surface area contributed by atoms with Crippen molar-refractivity contribution in [2.24, 2.45) is 0 Å². The van der Waals surface area contributed by atoms with Crippen molar-refractivity contribution in [2.45, 2.75) is 19.3 Å². The summed E-state index contributed by atoms with van der Waals surface area (Å²) < 4.78 is 11.5. The number of rotatable bonds is 10. The van der Waals surface area contributed by atoms with Gasteiger partial charge < -0.3 is 25.0 Å². The lowest BCUT2D eigenvalue weighted by Crippen LogP contribution is -2.35. The molecule has 3 aromatic rings. The lowest BCUT2D eigenvalue weighted by Gasteiger charge is -2.26. The maximum absolute atomic E-state index is 12.8. The molecule has 182 valence electrons. The van der Waals surface area contributed by atoms with Crippen molar-refractivity contribution in [2.75, 3.05) is 43.5 Å². The first-order chi connectivity index (χ1) is 17.2. The van der Waals surface area contributed by atoms with Crippen molar-refractivity contribution in [3.63, 3.8) is 0 Å². The number of benzene rings is 3. The van der Waals surface area contributed by atoms with Crippen LogP contribution >= 0.6 is 0 Å². The van der Waals surface area contributed by atoms with Crippen molar-refractivity contribution in [1.82, 2.24) is 4.90 Å². The molecule has 0 spiro atoms. The number of carbonyl (C=O) groups is 2. The molecular formula is C28H31N3O4. The van der Waals surface area contributed by atoms with Crippen LogP contribution in [0.2, 0.25) is 0 Å². The van der Waals surface area contributed by atoms with Crippen LogP contribution in [0.3, 0.4) is 0 Å². The van der Waals surface area contributed by atoms with E-state index in [1.807, 2.05) is 59.5 Å². The number of likely N-dealkylation sites (tertiary alicyclic amines) is 1. The predicted octanol–water partition coefficient (Wildman–Crippen LogP) is 4.82. The Morgan fingerprint density at radius 2 is 1.54 bits per heavy atom. The Hall–Kier alpha value is -4.00. The van der Waals surface area contributed by atoms with Crippen molar-refractivity contribution in [1.29, 1.82) is 0 Å². The normalized spacial score (nSPS) is 13.1. The van der Waals surface area contributed by atoms with Crippen molar-refractivity contribution < 1.29 is 19.1 Å². The Balaban J connectivity index is 1.26. The smallest absolute Gasteiger partial charge is 0.253 e. The molecule has 0 radical (unpaired) electrons. The van der Waals surface area contributed by atoms with Gasteiger partial charge in [0.2, 0.25) is 5.91 Å². The zero-order valence-corrected chi connectivity index (χ0v) is 19.7. The predicted molar refractivity (Wildman–Crippen MR) is 137 cm³/mol. The van der Waals surface area contributed by atoms with Crippen LogP contribution in [0.4, 0.5) is 11.4 Å². The highest BCUT2D eigenvalue weighted by molar-refractivity contribution is 5.98. The summed E-state index contributed by atoms with van der Waals surface area (Å²) in [5, 5.41) is 6.00. The molecule has 2 amide bonds. The van der Waals surface area contributed by atoms with Crippen LogP contribution in [0.5, 0.6) is 11.5 Å². The number of carbonyl (C=O) groups excluding carboxylic acids is 2. The molecule has 1 fully saturated rings. The monoisotopic (exact) mass is 473 g/mol. The van der Waals surface area contributed by atoms with Gasteiger partial charge in [-0.05, 0) is 61.7 Å². The Labute approximate surface area is 206 Å². The topological polar surface area (TPSA) is 79.9 Å². The van der Waals surface area contributed by atoms with Gasteiger partial charge in [0, 0.05) is 24.3 Å². The number of piperidine rings is 1. The number of ether oxygens (including phenoxy) is 2. The van der Waals surface area contributed by atoms with Gasteiger partial charge in [0.25, 0.3) is 5.91 Å². The maximum Gasteiger partial charge on any atom is 0.253 e. The lowest BCUT2D eigenvalue weighted by molar-refractivity contribution is -0.114. The summed E-state index contributed by atoms with van der Waals surface area (Å²) in [7, 11) is 0. The number of hydrogen-bond acceptors (Lipinski definition) is 5. The highest BCUT2D eigenvalue weighted by Gasteiger charge is 2.18. The molecule has 4 rings (SSSR count). The van der Waals surface area contributed by atoms with E-state index in [1.165, 1.54) is 6.42 Å². The summed E-state index contributed by atoms with van der Waals surface area (Å²) in [4.78, 5) is 27.2. The molecule has 0 bridgehead atoms. The highest BCUT2D eigenvalue weighted by Crippen LogP contribution is 2.23.